The molecule has 4 nitrogen and oxygen atoms in total. The molecule has 1 fully saturated rings. The van der Waals surface area contributed by atoms with Gasteiger partial charge in [0.05, 0.1) is 4.99 Å². The van der Waals surface area contributed by atoms with Gasteiger partial charge >= 0.3 is 0 Å². The van der Waals surface area contributed by atoms with Gasteiger partial charge in [0.1, 0.15) is 5.75 Å². The van der Waals surface area contributed by atoms with E-state index < -0.39 is 0 Å². The topological polar surface area (TPSA) is 55.6 Å². The molecule has 0 heterocycles. The molecule has 0 unspecified atom stereocenters. The highest BCUT2D eigenvalue weighted by Gasteiger charge is 2.32. The van der Waals surface area contributed by atoms with Gasteiger partial charge in [-0.05, 0) is 37.8 Å². The highest BCUT2D eigenvalue weighted by Crippen LogP contribution is 2.28. The van der Waals surface area contributed by atoms with Gasteiger partial charge in [-0.3, -0.25) is 4.79 Å². The molecule has 1 aliphatic rings. The molecule has 0 aromatic heterocycles. The van der Waals surface area contributed by atoms with E-state index in [9.17, 15) is 4.79 Å². The first kappa shape index (κ1) is 15.8. The van der Waals surface area contributed by atoms with Crippen molar-refractivity contribution in [3.8, 4) is 5.75 Å². The minimum Gasteiger partial charge on any atom is -0.483 e. The zero-order valence-electron chi connectivity index (χ0n) is 12.6. The maximum Gasteiger partial charge on any atom is 0.260 e. The van der Waals surface area contributed by atoms with E-state index in [1.54, 1.807) is 0 Å². The number of carbonyl (C=O) groups is 1. The number of aryl methyl sites for hydroxylation is 2. The highest BCUT2D eigenvalue weighted by molar-refractivity contribution is 7.80. The smallest absolute Gasteiger partial charge is 0.260 e. The molecule has 0 spiro atoms. The normalized spacial score (nSPS) is 13.8. The fraction of sp³-hybridized carbons (Fsp3) is 0.500. The second-order valence-electron chi connectivity index (χ2n) is 5.54. The van der Waals surface area contributed by atoms with Gasteiger partial charge in [0.25, 0.3) is 5.91 Å². The van der Waals surface area contributed by atoms with Gasteiger partial charge in [-0.2, -0.15) is 0 Å². The number of hydrogen-bond donors (Lipinski definition) is 1. The molecule has 21 heavy (non-hydrogen) atoms. The Hall–Kier alpha value is -1.62. The van der Waals surface area contributed by atoms with Crippen molar-refractivity contribution in [3.05, 3.63) is 29.3 Å². The van der Waals surface area contributed by atoms with Gasteiger partial charge in [-0.1, -0.05) is 30.4 Å². The number of nitrogens with two attached hydrogens (primary N) is 1. The van der Waals surface area contributed by atoms with Gasteiger partial charge in [0, 0.05) is 19.0 Å². The summed E-state index contributed by atoms with van der Waals surface area (Å²) in [4.78, 5) is 14.7. The van der Waals surface area contributed by atoms with Crippen LogP contribution >= 0.6 is 12.2 Å². The average Bonchev–Trinajstić information content (AvgIpc) is 3.22. The van der Waals surface area contributed by atoms with Crippen LogP contribution < -0.4 is 10.5 Å². The quantitative estimate of drug-likeness (QED) is 0.786. The molecule has 0 saturated heterocycles. The van der Waals surface area contributed by atoms with Crippen LogP contribution in [0.4, 0.5) is 0 Å². The minimum absolute atomic E-state index is 0.0106. The van der Waals surface area contributed by atoms with Gasteiger partial charge in [0.15, 0.2) is 6.61 Å². The predicted octanol–water partition coefficient (Wildman–Crippen LogP) is 2.35. The number of ether oxygens (including phenoxy) is 1. The van der Waals surface area contributed by atoms with Crippen LogP contribution in [0, 0.1) is 13.8 Å². The van der Waals surface area contributed by atoms with Crippen molar-refractivity contribution in [1.29, 1.82) is 0 Å². The minimum atomic E-state index is 0.0106. The lowest BCUT2D eigenvalue weighted by atomic mass is 10.1. The summed E-state index contributed by atoms with van der Waals surface area (Å²) in [7, 11) is 0. The number of benzene rings is 1. The van der Waals surface area contributed by atoms with Crippen molar-refractivity contribution >= 4 is 23.1 Å². The summed E-state index contributed by atoms with van der Waals surface area (Å²) in [5, 5.41) is 0. The first-order valence-corrected chi connectivity index (χ1v) is 7.66. The van der Waals surface area contributed by atoms with E-state index in [0.717, 1.165) is 29.7 Å². The number of carbonyl (C=O) groups excluding carboxylic acids is 1. The number of nitrogens with zero attached hydrogens (tertiary/aromatic N) is 1. The van der Waals surface area contributed by atoms with E-state index in [1.165, 1.54) is 0 Å². The van der Waals surface area contributed by atoms with E-state index in [4.69, 9.17) is 22.7 Å². The molecule has 5 heteroatoms. The van der Waals surface area contributed by atoms with Crippen LogP contribution in [0.3, 0.4) is 0 Å². The molecular formula is C16H22N2O2S. The number of amides is 1. The molecule has 0 radical (unpaired) electrons. The van der Waals surface area contributed by atoms with Crippen LogP contribution in [0.15, 0.2) is 18.2 Å². The van der Waals surface area contributed by atoms with Crippen LogP contribution in [0.25, 0.3) is 0 Å². The zero-order chi connectivity index (χ0) is 15.4. The van der Waals surface area contributed by atoms with Crippen LogP contribution in [0.5, 0.6) is 5.75 Å². The SMILES string of the molecule is Cc1cccc(C)c1OCC(=O)N(CCC(N)=S)C1CC1. The molecule has 1 aliphatic carbocycles. The highest BCUT2D eigenvalue weighted by atomic mass is 32.1. The molecule has 2 rings (SSSR count). The number of rotatable bonds is 7. The summed E-state index contributed by atoms with van der Waals surface area (Å²) < 4.78 is 5.74. The van der Waals surface area contributed by atoms with E-state index in [1.807, 2.05) is 36.9 Å². The predicted molar refractivity (Wildman–Crippen MR) is 87.5 cm³/mol. The average molecular weight is 306 g/mol. The Kier molecular flexibility index (Phi) is 5.17. The van der Waals surface area contributed by atoms with Crippen molar-refractivity contribution in [3.63, 3.8) is 0 Å². The van der Waals surface area contributed by atoms with Gasteiger partial charge in [0.2, 0.25) is 0 Å². The third-order valence-electron chi connectivity index (χ3n) is 3.66. The van der Waals surface area contributed by atoms with Gasteiger partial charge in [-0.25, -0.2) is 0 Å². The lowest BCUT2D eigenvalue weighted by Crippen LogP contribution is -2.38. The van der Waals surface area contributed by atoms with Crippen molar-refractivity contribution < 1.29 is 9.53 Å². The van der Waals surface area contributed by atoms with E-state index in [0.29, 0.717) is 24.0 Å². The lowest BCUT2D eigenvalue weighted by molar-refractivity contribution is -0.133. The first-order valence-electron chi connectivity index (χ1n) is 7.26. The summed E-state index contributed by atoms with van der Waals surface area (Å²) in [6.07, 6.45) is 2.69. The largest absolute Gasteiger partial charge is 0.483 e. The second-order valence-corrected chi connectivity index (χ2v) is 6.07. The monoisotopic (exact) mass is 306 g/mol. The summed E-state index contributed by atoms with van der Waals surface area (Å²) in [5.74, 6) is 0.812. The van der Waals surface area contributed by atoms with E-state index in [2.05, 4.69) is 0 Å². The maximum atomic E-state index is 12.3. The van der Waals surface area contributed by atoms with E-state index >= 15 is 0 Å². The summed E-state index contributed by atoms with van der Waals surface area (Å²) >= 11 is 4.89. The third-order valence-corrected chi connectivity index (χ3v) is 3.86. The Morgan fingerprint density at radius 1 is 1.38 bits per heavy atom. The third kappa shape index (κ3) is 4.43. The first-order chi connectivity index (χ1) is 9.99. The summed E-state index contributed by atoms with van der Waals surface area (Å²) in [6, 6.07) is 6.29. The van der Waals surface area contributed by atoms with Crippen molar-refractivity contribution in [2.24, 2.45) is 5.73 Å². The summed E-state index contributed by atoms with van der Waals surface area (Å²) in [6.45, 7) is 4.63. The molecule has 1 saturated carbocycles. The molecular weight excluding hydrogens is 284 g/mol. The molecule has 0 atom stereocenters. The zero-order valence-corrected chi connectivity index (χ0v) is 13.4. The Labute approximate surface area is 131 Å². The van der Waals surface area contributed by atoms with E-state index in [-0.39, 0.29) is 12.5 Å². The van der Waals surface area contributed by atoms with Crippen LogP contribution in [-0.4, -0.2) is 35.0 Å². The molecule has 1 aromatic rings. The van der Waals surface area contributed by atoms with Crippen LogP contribution in [0.1, 0.15) is 30.4 Å². The van der Waals surface area contributed by atoms with Gasteiger partial charge in [-0.15, -0.1) is 0 Å². The Morgan fingerprint density at radius 2 is 2.00 bits per heavy atom. The van der Waals surface area contributed by atoms with Crippen molar-refractivity contribution in [1.82, 2.24) is 4.90 Å². The maximum absolute atomic E-state index is 12.3. The van der Waals surface area contributed by atoms with Gasteiger partial charge < -0.3 is 15.4 Å². The standard InChI is InChI=1S/C16H22N2O2S/c1-11-4-3-5-12(2)16(11)20-10-15(19)18(13-6-7-13)9-8-14(17)21/h3-5,13H,6-10H2,1-2H3,(H2,17,21). The Bertz CT molecular complexity index is 521. The van der Waals surface area contributed by atoms with Crippen molar-refractivity contribution in [2.45, 2.75) is 39.2 Å². The number of hydrogen-bond acceptors (Lipinski definition) is 3. The summed E-state index contributed by atoms with van der Waals surface area (Å²) in [5.41, 5.74) is 7.62. The molecule has 2 N–H and O–H groups in total. The molecule has 1 amide bonds. The number of para-hydroxylation sites is 1. The fourth-order valence-electron chi connectivity index (χ4n) is 2.37. The molecule has 1 aromatic carbocycles. The van der Waals surface area contributed by atoms with Crippen LogP contribution in [0.2, 0.25) is 0 Å². The van der Waals surface area contributed by atoms with Crippen molar-refractivity contribution in [2.75, 3.05) is 13.2 Å². The molecule has 114 valence electrons. The molecule has 0 aliphatic heterocycles. The lowest BCUT2D eigenvalue weighted by Gasteiger charge is -2.22. The molecule has 0 bridgehead atoms. The van der Waals surface area contributed by atoms with Crippen LogP contribution in [-0.2, 0) is 4.79 Å². The Balaban J connectivity index is 1.94. The number of thiocarbonyl (C=S) groups is 1. The second kappa shape index (κ2) is 6.89. The fourth-order valence-corrected chi connectivity index (χ4v) is 2.46. The Morgan fingerprint density at radius 3 is 2.52 bits per heavy atom.